The fourth-order valence-corrected chi connectivity index (χ4v) is 2.60. The summed E-state index contributed by atoms with van der Waals surface area (Å²) in [6, 6.07) is 7.04. The minimum atomic E-state index is -0.0826. The van der Waals surface area contributed by atoms with E-state index in [2.05, 4.69) is 15.6 Å². The first-order chi connectivity index (χ1) is 10.2. The number of aromatic hydroxyl groups is 1. The number of hydrogen-bond acceptors (Lipinski definition) is 5. The van der Waals surface area contributed by atoms with Gasteiger partial charge in [0, 0.05) is 6.42 Å². The van der Waals surface area contributed by atoms with Crippen LogP contribution in [0.5, 0.6) is 5.75 Å². The Morgan fingerprint density at radius 1 is 1.38 bits per heavy atom. The van der Waals surface area contributed by atoms with E-state index in [-0.39, 0.29) is 18.0 Å². The zero-order chi connectivity index (χ0) is 14.7. The van der Waals surface area contributed by atoms with Crippen molar-refractivity contribution in [2.24, 2.45) is 0 Å². The van der Waals surface area contributed by atoms with Gasteiger partial charge < -0.3 is 10.4 Å². The van der Waals surface area contributed by atoms with Crippen molar-refractivity contribution in [1.29, 1.82) is 0 Å². The summed E-state index contributed by atoms with van der Waals surface area (Å²) in [6.45, 7) is 1.94. The number of nitrogens with zero attached hydrogens (tertiary/aromatic N) is 3. The number of piperidine rings is 1. The van der Waals surface area contributed by atoms with E-state index in [1.807, 2.05) is 6.07 Å². The van der Waals surface area contributed by atoms with E-state index in [0.717, 1.165) is 31.5 Å². The van der Waals surface area contributed by atoms with Crippen molar-refractivity contribution >= 4 is 5.78 Å². The Labute approximate surface area is 122 Å². The fourth-order valence-electron chi connectivity index (χ4n) is 2.60. The maximum Gasteiger partial charge on any atom is 0.189 e. The molecule has 1 fully saturated rings. The van der Waals surface area contributed by atoms with Crippen LogP contribution in [0, 0.1) is 0 Å². The first-order valence-electron chi connectivity index (χ1n) is 7.16. The van der Waals surface area contributed by atoms with Gasteiger partial charge in [0.05, 0.1) is 12.2 Å². The van der Waals surface area contributed by atoms with Crippen LogP contribution in [0.1, 0.15) is 34.9 Å². The van der Waals surface area contributed by atoms with Crippen molar-refractivity contribution < 1.29 is 9.90 Å². The second-order valence-electron chi connectivity index (χ2n) is 5.33. The summed E-state index contributed by atoms with van der Waals surface area (Å²) in [5.74, 6) is 0.0828. The molecule has 2 N–H and O–H groups in total. The molecule has 2 aromatic rings. The van der Waals surface area contributed by atoms with Crippen LogP contribution >= 0.6 is 0 Å². The van der Waals surface area contributed by atoms with E-state index in [9.17, 15) is 9.90 Å². The number of benzene rings is 1. The quantitative estimate of drug-likeness (QED) is 0.829. The Bertz CT molecular complexity index is 632. The van der Waals surface area contributed by atoms with Crippen molar-refractivity contribution in [2.75, 3.05) is 13.1 Å². The standard InChI is InChI=1S/C15H18N4O2/c20-13-3-1-2-11(8-13)9-15(21)14-10-19(18-17-14)12-4-6-16-7-5-12/h1-3,8,10,12,16,20H,4-7,9H2. The van der Waals surface area contributed by atoms with Crippen LogP contribution in [0.4, 0.5) is 0 Å². The van der Waals surface area contributed by atoms with Crippen LogP contribution in [0.3, 0.4) is 0 Å². The molecule has 6 nitrogen and oxygen atoms in total. The number of hydrogen-bond donors (Lipinski definition) is 2. The summed E-state index contributed by atoms with van der Waals surface area (Å²) < 4.78 is 1.80. The van der Waals surface area contributed by atoms with Crippen LogP contribution in [0.2, 0.25) is 0 Å². The molecule has 0 amide bonds. The molecular formula is C15H18N4O2. The maximum atomic E-state index is 12.2. The Kier molecular flexibility index (Phi) is 3.96. The van der Waals surface area contributed by atoms with Gasteiger partial charge >= 0.3 is 0 Å². The zero-order valence-electron chi connectivity index (χ0n) is 11.7. The van der Waals surface area contributed by atoms with Crippen molar-refractivity contribution in [3.63, 3.8) is 0 Å². The first-order valence-corrected chi connectivity index (χ1v) is 7.16. The lowest BCUT2D eigenvalue weighted by Crippen LogP contribution is -2.29. The molecule has 21 heavy (non-hydrogen) atoms. The summed E-state index contributed by atoms with van der Waals surface area (Å²) in [7, 11) is 0. The van der Waals surface area contributed by atoms with Gasteiger partial charge in [0.25, 0.3) is 0 Å². The normalized spacial score (nSPS) is 16.0. The van der Waals surface area contributed by atoms with Gasteiger partial charge in [0.1, 0.15) is 11.4 Å². The van der Waals surface area contributed by atoms with Crippen LogP contribution in [0.15, 0.2) is 30.5 Å². The highest BCUT2D eigenvalue weighted by Gasteiger charge is 2.18. The van der Waals surface area contributed by atoms with Crippen LogP contribution < -0.4 is 5.32 Å². The van der Waals surface area contributed by atoms with E-state index >= 15 is 0 Å². The highest BCUT2D eigenvalue weighted by molar-refractivity contribution is 5.95. The molecule has 0 aliphatic carbocycles. The molecule has 6 heteroatoms. The van der Waals surface area contributed by atoms with Crippen LogP contribution in [0.25, 0.3) is 0 Å². The number of phenolic OH excluding ortho intramolecular Hbond substituents is 1. The SMILES string of the molecule is O=C(Cc1cccc(O)c1)c1cn(C2CCNCC2)nn1. The summed E-state index contributed by atoms with van der Waals surface area (Å²) >= 11 is 0. The van der Waals surface area contributed by atoms with Crippen molar-refractivity contribution in [1.82, 2.24) is 20.3 Å². The Hall–Kier alpha value is -2.21. The molecule has 1 saturated heterocycles. The molecule has 110 valence electrons. The molecule has 3 rings (SSSR count). The van der Waals surface area contributed by atoms with Crippen LogP contribution in [-0.2, 0) is 6.42 Å². The topological polar surface area (TPSA) is 80.0 Å². The third kappa shape index (κ3) is 3.28. The molecule has 0 atom stereocenters. The Morgan fingerprint density at radius 3 is 2.95 bits per heavy atom. The molecule has 0 spiro atoms. The Morgan fingerprint density at radius 2 is 2.19 bits per heavy atom. The number of nitrogens with one attached hydrogen (secondary N) is 1. The average Bonchev–Trinajstić information content (AvgIpc) is 2.98. The van der Waals surface area contributed by atoms with Gasteiger partial charge in [0.15, 0.2) is 5.78 Å². The summed E-state index contributed by atoms with van der Waals surface area (Å²) in [5, 5.41) is 20.8. The molecule has 0 radical (unpaired) electrons. The van der Waals surface area contributed by atoms with E-state index in [0.29, 0.717) is 11.7 Å². The number of ketones is 1. The second-order valence-corrected chi connectivity index (χ2v) is 5.33. The van der Waals surface area contributed by atoms with Gasteiger partial charge in [-0.1, -0.05) is 17.3 Å². The van der Waals surface area contributed by atoms with Gasteiger partial charge in [-0.25, -0.2) is 4.68 Å². The fraction of sp³-hybridized carbons (Fsp3) is 0.400. The lowest BCUT2D eigenvalue weighted by molar-refractivity contribution is 0.0988. The Balaban J connectivity index is 1.69. The first kappa shape index (κ1) is 13.8. The van der Waals surface area contributed by atoms with E-state index in [1.165, 1.54) is 0 Å². The van der Waals surface area contributed by atoms with E-state index < -0.39 is 0 Å². The molecule has 1 aliphatic heterocycles. The number of carbonyl (C=O) groups is 1. The molecule has 0 bridgehead atoms. The van der Waals surface area contributed by atoms with E-state index in [4.69, 9.17) is 0 Å². The number of rotatable bonds is 4. The third-order valence-electron chi connectivity index (χ3n) is 3.75. The smallest absolute Gasteiger partial charge is 0.189 e. The summed E-state index contributed by atoms with van der Waals surface area (Å²) in [6.07, 6.45) is 3.97. The van der Waals surface area contributed by atoms with Gasteiger partial charge in [0.2, 0.25) is 0 Å². The minimum absolute atomic E-state index is 0.0826. The predicted molar refractivity (Wildman–Crippen MR) is 77.3 cm³/mol. The van der Waals surface area contributed by atoms with Gasteiger partial charge in [-0.3, -0.25) is 4.79 Å². The van der Waals surface area contributed by atoms with Crippen LogP contribution in [-0.4, -0.2) is 39.0 Å². The van der Waals surface area contributed by atoms with Gasteiger partial charge in [-0.15, -0.1) is 5.10 Å². The highest BCUT2D eigenvalue weighted by atomic mass is 16.3. The van der Waals surface area contributed by atoms with E-state index in [1.54, 1.807) is 29.1 Å². The molecular weight excluding hydrogens is 268 g/mol. The molecule has 1 aliphatic rings. The number of Topliss-reactive ketones (excluding diaryl/α,β-unsaturated/α-hetero) is 1. The molecule has 1 aromatic carbocycles. The lowest BCUT2D eigenvalue weighted by atomic mass is 10.1. The van der Waals surface area contributed by atoms with Crippen molar-refractivity contribution in [2.45, 2.75) is 25.3 Å². The third-order valence-corrected chi connectivity index (χ3v) is 3.75. The number of carbonyl (C=O) groups excluding carboxylic acids is 1. The molecule has 1 aromatic heterocycles. The zero-order valence-corrected chi connectivity index (χ0v) is 11.7. The maximum absolute atomic E-state index is 12.2. The summed E-state index contributed by atoms with van der Waals surface area (Å²) in [4.78, 5) is 12.2. The minimum Gasteiger partial charge on any atom is -0.508 e. The largest absolute Gasteiger partial charge is 0.508 e. The highest BCUT2D eigenvalue weighted by Crippen LogP contribution is 2.18. The van der Waals surface area contributed by atoms with Gasteiger partial charge in [-0.05, 0) is 43.6 Å². The average molecular weight is 286 g/mol. The summed E-state index contributed by atoms with van der Waals surface area (Å²) in [5.41, 5.74) is 1.16. The lowest BCUT2D eigenvalue weighted by Gasteiger charge is -2.22. The molecule has 0 unspecified atom stereocenters. The monoisotopic (exact) mass is 286 g/mol. The predicted octanol–water partition coefficient (Wildman–Crippen LogP) is 1.33. The number of aromatic nitrogens is 3. The van der Waals surface area contributed by atoms with Crippen molar-refractivity contribution in [3.8, 4) is 5.75 Å². The number of phenols is 1. The molecule has 0 saturated carbocycles. The van der Waals surface area contributed by atoms with Crippen molar-refractivity contribution in [3.05, 3.63) is 41.7 Å². The van der Waals surface area contributed by atoms with Gasteiger partial charge in [-0.2, -0.15) is 0 Å². The second kappa shape index (κ2) is 6.05. The molecule has 2 heterocycles.